The molecule has 2 rings (SSSR count). The predicted molar refractivity (Wildman–Crippen MR) is 68.6 cm³/mol. The van der Waals surface area contributed by atoms with Crippen molar-refractivity contribution in [2.45, 2.75) is 64.4 Å². The third-order valence-electron chi connectivity index (χ3n) is 4.77. The second-order valence-corrected chi connectivity index (χ2v) is 5.78. The Hall–Kier alpha value is -0.790. The zero-order valence-electron chi connectivity index (χ0n) is 11.1. The van der Waals surface area contributed by atoms with Crippen LogP contribution in [0.5, 0.6) is 0 Å². The fraction of sp³-hybridized carbons (Fsp3) is 0.800. The summed E-state index contributed by atoms with van der Waals surface area (Å²) in [7, 11) is 0. The minimum atomic E-state index is -0.196. The molecule has 2 aliphatic rings. The number of esters is 1. The second kappa shape index (κ2) is 4.83. The standard InChI is InChI=1S/C15H24O2/c1-4-15(17-14(16)11(2)3)10-9-12-7-5-6-8-13(12)15/h12-13H,2,4-10H2,1,3H3. The van der Waals surface area contributed by atoms with Gasteiger partial charge in [0.25, 0.3) is 0 Å². The van der Waals surface area contributed by atoms with Gasteiger partial charge in [0.15, 0.2) is 0 Å². The maximum Gasteiger partial charge on any atom is 0.333 e. The van der Waals surface area contributed by atoms with E-state index in [1.165, 1.54) is 32.1 Å². The number of rotatable bonds is 3. The van der Waals surface area contributed by atoms with Gasteiger partial charge in [-0.05, 0) is 38.5 Å². The molecular weight excluding hydrogens is 212 g/mol. The van der Waals surface area contributed by atoms with E-state index in [0.717, 1.165) is 18.8 Å². The summed E-state index contributed by atoms with van der Waals surface area (Å²) in [6, 6.07) is 0. The Morgan fingerprint density at radius 3 is 2.71 bits per heavy atom. The molecule has 2 aliphatic carbocycles. The first-order valence-electron chi connectivity index (χ1n) is 6.98. The van der Waals surface area contributed by atoms with E-state index in [0.29, 0.717) is 11.5 Å². The zero-order chi connectivity index (χ0) is 12.5. The van der Waals surface area contributed by atoms with E-state index < -0.39 is 0 Å². The van der Waals surface area contributed by atoms with Crippen LogP contribution in [-0.2, 0) is 9.53 Å². The van der Waals surface area contributed by atoms with Gasteiger partial charge in [-0.2, -0.15) is 0 Å². The summed E-state index contributed by atoms with van der Waals surface area (Å²) in [5.74, 6) is 1.20. The molecule has 2 saturated carbocycles. The van der Waals surface area contributed by atoms with Crippen molar-refractivity contribution < 1.29 is 9.53 Å². The molecule has 0 radical (unpaired) electrons. The van der Waals surface area contributed by atoms with Gasteiger partial charge in [-0.15, -0.1) is 0 Å². The molecule has 0 aromatic rings. The highest BCUT2D eigenvalue weighted by atomic mass is 16.6. The molecule has 0 bridgehead atoms. The van der Waals surface area contributed by atoms with E-state index in [9.17, 15) is 4.79 Å². The molecule has 2 nitrogen and oxygen atoms in total. The topological polar surface area (TPSA) is 26.3 Å². The van der Waals surface area contributed by atoms with Gasteiger partial charge in [-0.3, -0.25) is 0 Å². The van der Waals surface area contributed by atoms with Crippen molar-refractivity contribution in [3.05, 3.63) is 12.2 Å². The van der Waals surface area contributed by atoms with Crippen LogP contribution < -0.4 is 0 Å². The lowest BCUT2D eigenvalue weighted by atomic mass is 9.75. The van der Waals surface area contributed by atoms with Gasteiger partial charge in [0.05, 0.1) is 0 Å². The molecule has 0 spiro atoms. The van der Waals surface area contributed by atoms with E-state index in [1.807, 2.05) is 0 Å². The number of carbonyl (C=O) groups is 1. The maximum absolute atomic E-state index is 11.8. The minimum Gasteiger partial charge on any atom is -0.455 e. The minimum absolute atomic E-state index is 0.179. The molecule has 0 heterocycles. The number of hydrogen-bond donors (Lipinski definition) is 0. The highest BCUT2D eigenvalue weighted by Gasteiger charge is 2.50. The molecule has 0 amide bonds. The Morgan fingerprint density at radius 1 is 1.35 bits per heavy atom. The Balaban J connectivity index is 2.13. The van der Waals surface area contributed by atoms with Crippen LogP contribution in [0.2, 0.25) is 0 Å². The van der Waals surface area contributed by atoms with E-state index in [1.54, 1.807) is 6.92 Å². The van der Waals surface area contributed by atoms with Crippen LogP contribution in [-0.4, -0.2) is 11.6 Å². The van der Waals surface area contributed by atoms with E-state index in [-0.39, 0.29) is 11.6 Å². The molecule has 3 atom stereocenters. The predicted octanol–water partition coefficient (Wildman–Crippen LogP) is 3.85. The summed E-state index contributed by atoms with van der Waals surface area (Å²) >= 11 is 0. The summed E-state index contributed by atoms with van der Waals surface area (Å²) in [4.78, 5) is 11.8. The lowest BCUT2D eigenvalue weighted by Crippen LogP contribution is -2.41. The van der Waals surface area contributed by atoms with Gasteiger partial charge in [0.2, 0.25) is 0 Å². The van der Waals surface area contributed by atoms with E-state index in [4.69, 9.17) is 4.74 Å². The SMILES string of the molecule is C=C(C)C(=O)OC1(CC)CCC2CCCCC21. The summed E-state index contributed by atoms with van der Waals surface area (Å²) in [6.07, 6.45) is 8.47. The van der Waals surface area contributed by atoms with Crippen LogP contribution in [0.3, 0.4) is 0 Å². The molecule has 2 fully saturated rings. The highest BCUT2D eigenvalue weighted by Crippen LogP contribution is 2.51. The quantitative estimate of drug-likeness (QED) is 0.549. The van der Waals surface area contributed by atoms with Crippen LogP contribution in [0.15, 0.2) is 12.2 Å². The molecule has 96 valence electrons. The van der Waals surface area contributed by atoms with Gasteiger partial charge in [-0.1, -0.05) is 32.8 Å². The van der Waals surface area contributed by atoms with Crippen LogP contribution in [0.4, 0.5) is 0 Å². The van der Waals surface area contributed by atoms with Crippen LogP contribution in [0.1, 0.15) is 58.8 Å². The molecule has 0 aliphatic heterocycles. The Kier molecular flexibility index (Phi) is 3.60. The van der Waals surface area contributed by atoms with Crippen molar-refractivity contribution in [3.8, 4) is 0 Å². The number of hydrogen-bond acceptors (Lipinski definition) is 2. The van der Waals surface area contributed by atoms with Gasteiger partial charge in [0.1, 0.15) is 5.60 Å². The Morgan fingerprint density at radius 2 is 2.06 bits per heavy atom. The smallest absolute Gasteiger partial charge is 0.333 e. The molecule has 0 aromatic heterocycles. The van der Waals surface area contributed by atoms with E-state index >= 15 is 0 Å². The Bertz CT molecular complexity index is 321. The summed E-state index contributed by atoms with van der Waals surface area (Å²) in [5.41, 5.74) is 0.346. The largest absolute Gasteiger partial charge is 0.455 e. The molecule has 17 heavy (non-hydrogen) atoms. The number of ether oxygens (including phenoxy) is 1. The molecule has 2 heteroatoms. The van der Waals surface area contributed by atoms with Gasteiger partial charge >= 0.3 is 5.97 Å². The lowest BCUT2D eigenvalue weighted by Gasteiger charge is -2.38. The van der Waals surface area contributed by atoms with Crippen molar-refractivity contribution in [2.24, 2.45) is 11.8 Å². The van der Waals surface area contributed by atoms with Gasteiger partial charge in [0, 0.05) is 11.5 Å². The van der Waals surface area contributed by atoms with Crippen molar-refractivity contribution in [1.82, 2.24) is 0 Å². The highest BCUT2D eigenvalue weighted by molar-refractivity contribution is 5.87. The first-order valence-corrected chi connectivity index (χ1v) is 6.98. The third-order valence-corrected chi connectivity index (χ3v) is 4.77. The van der Waals surface area contributed by atoms with Crippen molar-refractivity contribution in [2.75, 3.05) is 0 Å². The van der Waals surface area contributed by atoms with Crippen molar-refractivity contribution in [1.29, 1.82) is 0 Å². The molecule has 3 unspecified atom stereocenters. The normalized spacial score (nSPS) is 36.4. The first kappa shape index (κ1) is 12.7. The Labute approximate surface area is 104 Å². The number of fused-ring (bicyclic) bond motifs is 1. The molecule has 0 N–H and O–H groups in total. The third kappa shape index (κ3) is 2.27. The van der Waals surface area contributed by atoms with Crippen LogP contribution >= 0.6 is 0 Å². The molecular formula is C15H24O2. The second-order valence-electron chi connectivity index (χ2n) is 5.78. The maximum atomic E-state index is 11.8. The molecule has 0 saturated heterocycles. The van der Waals surface area contributed by atoms with Gasteiger partial charge < -0.3 is 4.74 Å². The average Bonchev–Trinajstić information content (AvgIpc) is 2.69. The van der Waals surface area contributed by atoms with Crippen molar-refractivity contribution in [3.63, 3.8) is 0 Å². The average molecular weight is 236 g/mol. The van der Waals surface area contributed by atoms with E-state index in [2.05, 4.69) is 13.5 Å². The first-order chi connectivity index (χ1) is 8.09. The lowest BCUT2D eigenvalue weighted by molar-refractivity contribution is -0.161. The van der Waals surface area contributed by atoms with Crippen LogP contribution in [0.25, 0.3) is 0 Å². The van der Waals surface area contributed by atoms with Gasteiger partial charge in [-0.25, -0.2) is 4.79 Å². The summed E-state index contributed by atoms with van der Waals surface area (Å²) in [5, 5.41) is 0. The summed E-state index contributed by atoms with van der Waals surface area (Å²) in [6.45, 7) is 7.58. The fourth-order valence-corrected chi connectivity index (χ4v) is 3.77. The monoisotopic (exact) mass is 236 g/mol. The summed E-state index contributed by atoms with van der Waals surface area (Å²) < 4.78 is 5.84. The molecule has 0 aromatic carbocycles. The van der Waals surface area contributed by atoms with Crippen LogP contribution in [0, 0.1) is 11.8 Å². The number of carbonyl (C=O) groups excluding carboxylic acids is 1. The fourth-order valence-electron chi connectivity index (χ4n) is 3.77. The zero-order valence-corrected chi connectivity index (χ0v) is 11.1. The van der Waals surface area contributed by atoms with Crippen molar-refractivity contribution >= 4 is 5.97 Å².